The summed E-state index contributed by atoms with van der Waals surface area (Å²) in [5.41, 5.74) is 8.48. The largest absolute Gasteiger partial charge is 0.385 e. The fourth-order valence-corrected chi connectivity index (χ4v) is 2.62. The number of aromatic amines is 1. The molecule has 0 radical (unpaired) electrons. The van der Waals surface area contributed by atoms with Crippen molar-refractivity contribution in [1.29, 1.82) is 0 Å². The summed E-state index contributed by atoms with van der Waals surface area (Å²) in [6.45, 7) is 6.73. The van der Waals surface area contributed by atoms with Gasteiger partial charge in [0, 0.05) is 10.9 Å². The molecule has 2 aromatic carbocycles. The molecule has 1 aromatic heterocycles. The molecule has 0 saturated carbocycles. The van der Waals surface area contributed by atoms with Crippen LogP contribution in [-0.4, -0.2) is 4.98 Å². The van der Waals surface area contributed by atoms with E-state index < -0.39 is 0 Å². The van der Waals surface area contributed by atoms with Crippen LogP contribution in [0.15, 0.2) is 36.4 Å². The highest BCUT2D eigenvalue weighted by molar-refractivity contribution is 6.09. The van der Waals surface area contributed by atoms with Crippen molar-refractivity contribution in [3.05, 3.63) is 42.0 Å². The van der Waals surface area contributed by atoms with E-state index in [1.165, 1.54) is 21.7 Å². The summed E-state index contributed by atoms with van der Waals surface area (Å²) in [5.74, 6) is 0.723. The van der Waals surface area contributed by atoms with E-state index in [4.69, 9.17) is 5.73 Å². The van der Waals surface area contributed by atoms with Gasteiger partial charge < -0.3 is 10.7 Å². The molecule has 92 valence electrons. The molecule has 0 aliphatic heterocycles. The minimum atomic E-state index is 0.119. The summed E-state index contributed by atoms with van der Waals surface area (Å²) in [6.07, 6.45) is 0. The summed E-state index contributed by atoms with van der Waals surface area (Å²) >= 11 is 0. The van der Waals surface area contributed by atoms with E-state index in [2.05, 4.69) is 56.1 Å². The van der Waals surface area contributed by atoms with E-state index in [9.17, 15) is 0 Å². The second-order valence-electron chi connectivity index (χ2n) is 5.91. The van der Waals surface area contributed by atoms with Crippen LogP contribution >= 0.6 is 0 Å². The van der Waals surface area contributed by atoms with Gasteiger partial charge in [0.25, 0.3) is 0 Å². The molecule has 0 amide bonds. The summed E-state index contributed by atoms with van der Waals surface area (Å²) < 4.78 is 0. The number of fused-ring (bicyclic) bond motifs is 3. The Hall–Kier alpha value is -1.96. The first-order chi connectivity index (χ1) is 8.47. The maximum atomic E-state index is 5.89. The molecule has 0 bridgehead atoms. The van der Waals surface area contributed by atoms with Crippen LogP contribution in [0.5, 0.6) is 0 Å². The number of nitrogen functional groups attached to an aromatic ring is 1. The van der Waals surface area contributed by atoms with Gasteiger partial charge in [0.2, 0.25) is 0 Å². The average molecular weight is 238 g/mol. The highest BCUT2D eigenvalue weighted by atomic mass is 14.8. The molecular weight excluding hydrogens is 220 g/mol. The number of nitrogens with two attached hydrogens (primary N) is 1. The SMILES string of the molecule is CC(C)(C)c1cc2[nH]c(N)cc2c2ccccc12. The molecule has 0 spiro atoms. The maximum Gasteiger partial charge on any atom is 0.101 e. The molecule has 0 unspecified atom stereocenters. The van der Waals surface area contributed by atoms with Crippen LogP contribution in [0.25, 0.3) is 21.7 Å². The zero-order valence-corrected chi connectivity index (χ0v) is 11.0. The summed E-state index contributed by atoms with van der Waals surface area (Å²) in [7, 11) is 0. The number of benzene rings is 2. The average Bonchev–Trinajstić information content (AvgIpc) is 2.67. The summed E-state index contributed by atoms with van der Waals surface area (Å²) in [4.78, 5) is 3.24. The first kappa shape index (κ1) is 11.1. The molecule has 3 rings (SSSR count). The van der Waals surface area contributed by atoms with Crippen LogP contribution in [-0.2, 0) is 5.41 Å². The number of hydrogen-bond acceptors (Lipinski definition) is 1. The van der Waals surface area contributed by atoms with Crippen molar-refractivity contribution in [3.8, 4) is 0 Å². The Morgan fingerprint density at radius 3 is 2.28 bits per heavy atom. The predicted octanol–water partition coefficient (Wildman–Crippen LogP) is 4.20. The smallest absolute Gasteiger partial charge is 0.101 e. The van der Waals surface area contributed by atoms with Crippen LogP contribution in [0.1, 0.15) is 26.3 Å². The second-order valence-corrected chi connectivity index (χ2v) is 5.91. The Bertz CT molecular complexity index is 730. The lowest BCUT2D eigenvalue weighted by atomic mass is 9.83. The number of anilines is 1. The monoisotopic (exact) mass is 238 g/mol. The van der Waals surface area contributed by atoms with Gasteiger partial charge >= 0.3 is 0 Å². The molecule has 0 atom stereocenters. The minimum absolute atomic E-state index is 0.119. The van der Waals surface area contributed by atoms with E-state index in [0.29, 0.717) is 0 Å². The van der Waals surface area contributed by atoms with Gasteiger partial charge in [-0.25, -0.2) is 0 Å². The molecule has 3 N–H and O–H groups in total. The highest BCUT2D eigenvalue weighted by Gasteiger charge is 2.18. The fraction of sp³-hybridized carbons (Fsp3) is 0.250. The molecule has 0 aliphatic rings. The van der Waals surface area contributed by atoms with Crippen LogP contribution in [0.4, 0.5) is 5.82 Å². The Kier molecular flexibility index (Phi) is 2.18. The third kappa shape index (κ3) is 1.57. The molecule has 3 aromatic rings. The lowest BCUT2D eigenvalue weighted by molar-refractivity contribution is 0.596. The molecular formula is C16H18N2. The van der Waals surface area contributed by atoms with Gasteiger partial charge in [0.1, 0.15) is 5.82 Å². The van der Waals surface area contributed by atoms with Crippen molar-refractivity contribution in [1.82, 2.24) is 4.98 Å². The van der Waals surface area contributed by atoms with E-state index >= 15 is 0 Å². The summed E-state index contributed by atoms with van der Waals surface area (Å²) in [6, 6.07) is 12.8. The van der Waals surface area contributed by atoms with Crippen molar-refractivity contribution in [2.75, 3.05) is 5.73 Å². The Balaban J connectivity index is 2.54. The standard InChI is InChI=1S/C16H18N2/c1-16(2,3)13-9-14-12(8-15(17)18-14)10-6-4-5-7-11(10)13/h4-9,18H,17H2,1-3H3. The maximum absolute atomic E-state index is 5.89. The Morgan fingerprint density at radius 2 is 1.61 bits per heavy atom. The molecule has 0 saturated heterocycles. The van der Waals surface area contributed by atoms with Crippen LogP contribution in [0, 0.1) is 0 Å². The normalized spacial score (nSPS) is 12.4. The molecule has 0 aliphatic carbocycles. The first-order valence-electron chi connectivity index (χ1n) is 6.27. The van der Waals surface area contributed by atoms with E-state index in [-0.39, 0.29) is 5.41 Å². The molecule has 18 heavy (non-hydrogen) atoms. The number of H-pyrrole nitrogens is 1. The topological polar surface area (TPSA) is 41.8 Å². The van der Waals surface area contributed by atoms with Crippen LogP contribution < -0.4 is 5.73 Å². The molecule has 1 heterocycles. The van der Waals surface area contributed by atoms with Crippen molar-refractivity contribution >= 4 is 27.5 Å². The van der Waals surface area contributed by atoms with Crippen LogP contribution in [0.3, 0.4) is 0 Å². The third-order valence-electron chi connectivity index (χ3n) is 3.47. The zero-order chi connectivity index (χ0) is 12.9. The number of rotatable bonds is 0. The highest BCUT2D eigenvalue weighted by Crippen LogP contribution is 2.35. The molecule has 0 fully saturated rings. The zero-order valence-electron chi connectivity index (χ0n) is 11.0. The molecule has 2 nitrogen and oxygen atoms in total. The lowest BCUT2D eigenvalue weighted by Crippen LogP contribution is -2.11. The van der Waals surface area contributed by atoms with Gasteiger partial charge in [0.05, 0.1) is 0 Å². The van der Waals surface area contributed by atoms with Crippen molar-refractivity contribution < 1.29 is 0 Å². The summed E-state index contributed by atoms with van der Waals surface area (Å²) in [5, 5.41) is 3.79. The third-order valence-corrected chi connectivity index (χ3v) is 3.47. The van der Waals surface area contributed by atoms with Crippen molar-refractivity contribution in [2.45, 2.75) is 26.2 Å². The number of nitrogens with one attached hydrogen (secondary N) is 1. The van der Waals surface area contributed by atoms with Crippen LogP contribution in [0.2, 0.25) is 0 Å². The van der Waals surface area contributed by atoms with Crippen molar-refractivity contribution in [3.63, 3.8) is 0 Å². The fourth-order valence-electron chi connectivity index (χ4n) is 2.62. The Labute approximate surface area is 107 Å². The number of hydrogen-bond donors (Lipinski definition) is 2. The van der Waals surface area contributed by atoms with Gasteiger partial charge in [0.15, 0.2) is 0 Å². The lowest BCUT2D eigenvalue weighted by Gasteiger charge is -2.21. The van der Waals surface area contributed by atoms with Gasteiger partial charge in [-0.15, -0.1) is 0 Å². The minimum Gasteiger partial charge on any atom is -0.385 e. The van der Waals surface area contributed by atoms with Gasteiger partial charge in [-0.1, -0.05) is 45.0 Å². The van der Waals surface area contributed by atoms with Gasteiger partial charge in [-0.05, 0) is 33.9 Å². The number of aromatic nitrogens is 1. The quantitative estimate of drug-likeness (QED) is 0.605. The molecule has 2 heteroatoms. The second kappa shape index (κ2) is 3.52. The van der Waals surface area contributed by atoms with E-state index in [0.717, 1.165) is 11.3 Å². The van der Waals surface area contributed by atoms with E-state index in [1.807, 2.05) is 6.07 Å². The Morgan fingerprint density at radius 1 is 0.944 bits per heavy atom. The van der Waals surface area contributed by atoms with Crippen molar-refractivity contribution in [2.24, 2.45) is 0 Å². The van der Waals surface area contributed by atoms with E-state index in [1.54, 1.807) is 0 Å². The van der Waals surface area contributed by atoms with Gasteiger partial charge in [-0.2, -0.15) is 0 Å². The van der Waals surface area contributed by atoms with Gasteiger partial charge in [-0.3, -0.25) is 0 Å². The predicted molar refractivity (Wildman–Crippen MR) is 78.9 cm³/mol. The first-order valence-corrected chi connectivity index (χ1v) is 6.27.